The first kappa shape index (κ1) is 11.0. The van der Waals surface area contributed by atoms with Gasteiger partial charge in [-0.1, -0.05) is 0 Å². The van der Waals surface area contributed by atoms with E-state index in [4.69, 9.17) is 10.2 Å². The number of hydrogen-bond donors (Lipinski definition) is 2. The molecule has 5 nitrogen and oxygen atoms in total. The predicted molar refractivity (Wildman–Crippen MR) is 52.0 cm³/mol. The monoisotopic (exact) mass is 258 g/mol. The molecule has 0 aliphatic rings. The fraction of sp³-hybridized carbons (Fsp3) is 0.250. The molecule has 14 heavy (non-hydrogen) atoms. The van der Waals surface area contributed by atoms with E-state index in [9.17, 15) is 10.1 Å². The molecule has 0 aliphatic carbocycles. The molecule has 0 spiro atoms. The second-order valence-electron chi connectivity index (χ2n) is 2.54. The summed E-state index contributed by atoms with van der Waals surface area (Å²) in [6.07, 6.45) is 0. The van der Waals surface area contributed by atoms with Gasteiger partial charge in [0.15, 0.2) is 0 Å². The van der Waals surface area contributed by atoms with Gasteiger partial charge in [0, 0.05) is 0 Å². The fourth-order valence-corrected chi connectivity index (χ4v) is 2.70. The van der Waals surface area contributed by atoms with E-state index in [0.29, 0.717) is 9.56 Å². The Kier molecular flexibility index (Phi) is 3.92. The number of phenols is 1. The summed E-state index contributed by atoms with van der Waals surface area (Å²) >= 11 is -0.399. The Hall–Kier alpha value is -1.06. The molecule has 0 saturated heterocycles. The molecule has 1 aromatic rings. The summed E-state index contributed by atoms with van der Waals surface area (Å²) in [4.78, 5) is 10.1. The summed E-state index contributed by atoms with van der Waals surface area (Å²) in [5, 5.41) is 28.8. The average molecular weight is 258 g/mol. The van der Waals surface area contributed by atoms with Crippen LogP contribution in [0.25, 0.3) is 0 Å². The van der Waals surface area contributed by atoms with Crippen LogP contribution < -0.4 is 4.35 Å². The number of nitro benzene ring substituents is 1. The van der Waals surface area contributed by atoms with E-state index in [1.54, 1.807) is 6.07 Å². The van der Waals surface area contributed by atoms with E-state index in [-0.39, 0.29) is 18.0 Å². The van der Waals surface area contributed by atoms with Crippen molar-refractivity contribution in [2.24, 2.45) is 0 Å². The molecule has 0 amide bonds. The maximum atomic E-state index is 10.6. The van der Waals surface area contributed by atoms with Gasteiger partial charge in [0.1, 0.15) is 0 Å². The minimum absolute atomic E-state index is 0.0397. The topological polar surface area (TPSA) is 83.6 Å². The summed E-state index contributed by atoms with van der Waals surface area (Å²) in [6, 6.07) is 4.11. The van der Waals surface area contributed by atoms with Gasteiger partial charge in [-0.25, -0.2) is 0 Å². The second kappa shape index (κ2) is 4.98. The first-order valence-corrected chi connectivity index (χ1v) is 6.17. The summed E-state index contributed by atoms with van der Waals surface area (Å²) in [6.45, 7) is 0.0397. The van der Waals surface area contributed by atoms with Crippen molar-refractivity contribution in [3.05, 3.63) is 28.3 Å². The number of nitro groups is 1. The van der Waals surface area contributed by atoms with Crippen molar-refractivity contribution in [3.8, 4) is 5.75 Å². The van der Waals surface area contributed by atoms with Crippen molar-refractivity contribution in [1.29, 1.82) is 0 Å². The van der Waals surface area contributed by atoms with Crippen molar-refractivity contribution in [2.45, 2.75) is 5.21 Å². The number of rotatable bonds is 4. The van der Waals surface area contributed by atoms with E-state index < -0.39 is 20.7 Å². The van der Waals surface area contributed by atoms with Crippen LogP contribution in [-0.2, 0) is 0 Å². The van der Waals surface area contributed by atoms with Crippen LogP contribution in [0.3, 0.4) is 0 Å². The van der Waals surface area contributed by atoms with Gasteiger partial charge in [-0.2, -0.15) is 0 Å². The zero-order chi connectivity index (χ0) is 10.6. The van der Waals surface area contributed by atoms with Crippen molar-refractivity contribution < 1.29 is 15.1 Å². The SMILES string of the molecule is O=[N+]([O-])c1cc(O)ccc1[As]CCO. The Bertz CT molecular complexity index is 342. The summed E-state index contributed by atoms with van der Waals surface area (Å²) in [5.74, 6) is -0.106. The third-order valence-electron chi connectivity index (χ3n) is 1.54. The quantitative estimate of drug-likeness (QED) is 0.453. The van der Waals surface area contributed by atoms with E-state index in [2.05, 4.69) is 0 Å². The van der Waals surface area contributed by atoms with Gasteiger partial charge in [0.25, 0.3) is 0 Å². The van der Waals surface area contributed by atoms with Crippen LogP contribution in [0.2, 0.25) is 5.21 Å². The molecule has 1 rings (SSSR count). The molecule has 1 radical (unpaired) electrons. The standard InChI is InChI=1S/C8H9AsNO4/c11-4-3-9-7-2-1-6(12)5-8(7)10(13)14/h1-2,5,11-12H,3-4H2. The summed E-state index contributed by atoms with van der Waals surface area (Å²) in [7, 11) is 0. The zero-order valence-electron chi connectivity index (χ0n) is 7.25. The molecule has 75 valence electrons. The van der Waals surface area contributed by atoms with Gasteiger partial charge in [0.2, 0.25) is 0 Å². The van der Waals surface area contributed by atoms with E-state index in [1.165, 1.54) is 6.07 Å². The Morgan fingerprint density at radius 3 is 2.79 bits per heavy atom. The van der Waals surface area contributed by atoms with Crippen LogP contribution in [-0.4, -0.2) is 37.5 Å². The zero-order valence-corrected chi connectivity index (χ0v) is 9.13. The molecular weight excluding hydrogens is 249 g/mol. The molecule has 0 unspecified atom stereocenters. The first-order chi connectivity index (χ1) is 6.65. The van der Waals surface area contributed by atoms with Gasteiger partial charge in [-0.05, 0) is 0 Å². The Balaban J connectivity index is 2.96. The molecule has 0 bridgehead atoms. The molecule has 0 aliphatic heterocycles. The van der Waals surface area contributed by atoms with E-state index in [1.807, 2.05) is 0 Å². The van der Waals surface area contributed by atoms with Crippen LogP contribution in [0.1, 0.15) is 0 Å². The molecule has 1 aromatic carbocycles. The van der Waals surface area contributed by atoms with Gasteiger partial charge < -0.3 is 0 Å². The minimum atomic E-state index is -0.512. The predicted octanol–water partition coefficient (Wildman–Crippen LogP) is 0.0405. The van der Waals surface area contributed by atoms with Crippen molar-refractivity contribution >= 4 is 25.8 Å². The summed E-state index contributed by atoms with van der Waals surface area (Å²) in [5.41, 5.74) is -0.0570. The third-order valence-corrected chi connectivity index (χ3v) is 3.93. The summed E-state index contributed by atoms with van der Waals surface area (Å²) < 4.78 is 0.623. The van der Waals surface area contributed by atoms with Gasteiger partial charge in [-0.15, -0.1) is 0 Å². The number of hydrogen-bond acceptors (Lipinski definition) is 4. The van der Waals surface area contributed by atoms with Gasteiger partial charge >= 0.3 is 86.8 Å². The molecule has 0 atom stereocenters. The molecule has 2 N–H and O–H groups in total. The Labute approximate surface area is 87.2 Å². The molecule has 0 heterocycles. The van der Waals surface area contributed by atoms with Crippen molar-refractivity contribution in [2.75, 3.05) is 6.61 Å². The molecule has 0 fully saturated rings. The number of phenolic OH excluding ortho intramolecular Hbond substituents is 1. The number of aliphatic hydroxyl groups is 1. The third kappa shape index (κ3) is 2.72. The average Bonchev–Trinajstić information content (AvgIpc) is 2.15. The van der Waals surface area contributed by atoms with Crippen LogP contribution in [0.15, 0.2) is 18.2 Å². The van der Waals surface area contributed by atoms with Crippen LogP contribution >= 0.6 is 0 Å². The first-order valence-electron chi connectivity index (χ1n) is 3.91. The Morgan fingerprint density at radius 2 is 2.21 bits per heavy atom. The van der Waals surface area contributed by atoms with E-state index in [0.717, 1.165) is 6.07 Å². The van der Waals surface area contributed by atoms with Crippen molar-refractivity contribution in [3.63, 3.8) is 0 Å². The molecule has 0 aromatic heterocycles. The molecule has 6 heteroatoms. The van der Waals surface area contributed by atoms with Crippen LogP contribution in [0, 0.1) is 10.1 Å². The fourth-order valence-electron chi connectivity index (χ4n) is 0.962. The number of nitrogens with zero attached hydrogens (tertiary/aromatic N) is 1. The number of aliphatic hydroxyl groups excluding tert-OH is 1. The molecule has 0 saturated carbocycles. The normalized spacial score (nSPS) is 10.9. The van der Waals surface area contributed by atoms with Crippen molar-refractivity contribution in [1.82, 2.24) is 0 Å². The van der Waals surface area contributed by atoms with Gasteiger partial charge in [-0.3, -0.25) is 0 Å². The number of benzene rings is 1. The number of aromatic hydroxyl groups is 1. The van der Waals surface area contributed by atoms with Crippen LogP contribution in [0.4, 0.5) is 5.69 Å². The molecular formula is C8H9AsNO4. The maximum absolute atomic E-state index is 10.6. The Morgan fingerprint density at radius 1 is 1.50 bits per heavy atom. The van der Waals surface area contributed by atoms with E-state index >= 15 is 0 Å². The van der Waals surface area contributed by atoms with Gasteiger partial charge in [0.05, 0.1) is 0 Å². The second-order valence-corrected chi connectivity index (χ2v) is 5.15. The van der Waals surface area contributed by atoms with Crippen LogP contribution in [0.5, 0.6) is 5.75 Å².